The third-order valence-electron chi connectivity index (χ3n) is 4.11. The van der Waals surface area contributed by atoms with E-state index in [9.17, 15) is 10.1 Å². The molecule has 0 bridgehead atoms. The molecule has 25 heavy (non-hydrogen) atoms. The fraction of sp³-hybridized carbons (Fsp3) is 0.579. The maximum Gasteiger partial charge on any atom is 0.407 e. The van der Waals surface area contributed by atoms with E-state index in [1.54, 1.807) is 19.2 Å². The number of methoxy groups -OCH3 is 1. The number of rotatable bonds is 4. The van der Waals surface area contributed by atoms with Gasteiger partial charge in [0.2, 0.25) is 0 Å². The van der Waals surface area contributed by atoms with Crippen molar-refractivity contribution in [2.45, 2.75) is 64.1 Å². The van der Waals surface area contributed by atoms with Crippen molar-refractivity contribution in [1.82, 2.24) is 5.32 Å². The Balaban J connectivity index is 2.01. The van der Waals surface area contributed by atoms with Crippen LogP contribution < -0.4 is 15.4 Å². The largest absolute Gasteiger partial charge is 0.495 e. The highest BCUT2D eigenvalue weighted by molar-refractivity contribution is 5.68. The number of nitrogens with zero attached hydrogens (tertiary/aromatic N) is 1. The van der Waals surface area contributed by atoms with Crippen LogP contribution >= 0.6 is 0 Å². The molecule has 0 heterocycles. The maximum atomic E-state index is 12.0. The van der Waals surface area contributed by atoms with Crippen LogP contribution in [0.5, 0.6) is 5.75 Å². The van der Waals surface area contributed by atoms with Crippen molar-refractivity contribution in [2.24, 2.45) is 0 Å². The van der Waals surface area contributed by atoms with Gasteiger partial charge < -0.3 is 20.1 Å². The Hall–Kier alpha value is -2.42. The molecule has 0 aromatic heterocycles. The molecule has 6 nitrogen and oxygen atoms in total. The molecular formula is C19H27N3O3. The molecule has 0 radical (unpaired) electrons. The first-order valence-electron chi connectivity index (χ1n) is 8.65. The van der Waals surface area contributed by atoms with E-state index in [4.69, 9.17) is 9.47 Å². The van der Waals surface area contributed by atoms with E-state index in [1.165, 1.54) is 0 Å². The number of hydrogen-bond donors (Lipinski definition) is 2. The number of carbonyl (C=O) groups is 1. The Morgan fingerprint density at radius 3 is 2.64 bits per heavy atom. The maximum absolute atomic E-state index is 12.0. The van der Waals surface area contributed by atoms with Crippen LogP contribution in [0.4, 0.5) is 10.5 Å². The number of nitrogens with one attached hydrogen (secondary N) is 2. The van der Waals surface area contributed by atoms with Gasteiger partial charge in [0.05, 0.1) is 18.4 Å². The Bertz CT molecular complexity index is 646. The molecule has 1 saturated carbocycles. The second-order valence-corrected chi connectivity index (χ2v) is 7.35. The highest BCUT2D eigenvalue weighted by atomic mass is 16.6. The topological polar surface area (TPSA) is 83.4 Å². The lowest BCUT2D eigenvalue weighted by Crippen LogP contribution is -2.43. The molecule has 0 aliphatic heterocycles. The van der Waals surface area contributed by atoms with Crippen molar-refractivity contribution in [1.29, 1.82) is 5.26 Å². The van der Waals surface area contributed by atoms with Gasteiger partial charge >= 0.3 is 6.09 Å². The van der Waals surface area contributed by atoms with Crippen molar-refractivity contribution in [3.05, 3.63) is 23.8 Å². The van der Waals surface area contributed by atoms with E-state index < -0.39 is 5.60 Å². The normalized spacial score (nSPS) is 20.3. The summed E-state index contributed by atoms with van der Waals surface area (Å²) in [6, 6.07) is 7.82. The first kappa shape index (κ1) is 18.9. The van der Waals surface area contributed by atoms with Crippen LogP contribution in [0, 0.1) is 11.3 Å². The minimum Gasteiger partial charge on any atom is -0.495 e. The Kier molecular flexibility index (Phi) is 6.13. The van der Waals surface area contributed by atoms with Gasteiger partial charge in [-0.2, -0.15) is 5.26 Å². The van der Waals surface area contributed by atoms with Gasteiger partial charge in [0.1, 0.15) is 17.4 Å². The summed E-state index contributed by atoms with van der Waals surface area (Å²) in [4.78, 5) is 12.0. The van der Waals surface area contributed by atoms with Gasteiger partial charge in [0.15, 0.2) is 0 Å². The minimum atomic E-state index is -0.504. The van der Waals surface area contributed by atoms with Gasteiger partial charge in [-0.1, -0.05) is 6.07 Å². The van der Waals surface area contributed by atoms with Gasteiger partial charge in [-0.15, -0.1) is 0 Å². The van der Waals surface area contributed by atoms with Crippen molar-refractivity contribution in [2.75, 3.05) is 12.4 Å². The predicted molar refractivity (Wildman–Crippen MR) is 96.7 cm³/mol. The standard InChI is InChI=1S/C19H27N3O3/c1-19(2,3)25-18(23)22-15-9-6-8-14(11-15)21-17-13(12-20)7-5-10-16(17)24-4/h5,7,10,14-15,21H,6,8-9,11H2,1-4H3,(H,22,23). The van der Waals surface area contributed by atoms with Crippen LogP contribution in [0.15, 0.2) is 18.2 Å². The fourth-order valence-electron chi connectivity index (χ4n) is 3.07. The lowest BCUT2D eigenvalue weighted by atomic mass is 9.90. The summed E-state index contributed by atoms with van der Waals surface area (Å²) < 4.78 is 10.7. The summed E-state index contributed by atoms with van der Waals surface area (Å²) in [7, 11) is 1.59. The molecule has 0 spiro atoms. The van der Waals surface area contributed by atoms with Crippen molar-refractivity contribution in [3.63, 3.8) is 0 Å². The second-order valence-electron chi connectivity index (χ2n) is 7.35. The zero-order chi connectivity index (χ0) is 18.4. The van der Waals surface area contributed by atoms with E-state index >= 15 is 0 Å². The zero-order valence-corrected chi connectivity index (χ0v) is 15.4. The number of benzene rings is 1. The molecule has 1 aromatic rings. The molecule has 136 valence electrons. The summed E-state index contributed by atoms with van der Waals surface area (Å²) >= 11 is 0. The third-order valence-corrected chi connectivity index (χ3v) is 4.11. The number of ether oxygens (including phenoxy) is 2. The number of hydrogen-bond acceptors (Lipinski definition) is 5. The lowest BCUT2D eigenvalue weighted by Gasteiger charge is -2.32. The molecule has 2 unspecified atom stereocenters. The number of amides is 1. The summed E-state index contributed by atoms with van der Waals surface area (Å²) in [6.07, 6.45) is 3.30. The van der Waals surface area contributed by atoms with Gasteiger partial charge in [-0.05, 0) is 58.6 Å². The number of nitriles is 1. The van der Waals surface area contributed by atoms with Gasteiger partial charge in [0.25, 0.3) is 0 Å². The predicted octanol–water partition coefficient (Wildman–Crippen LogP) is 3.81. The van der Waals surface area contributed by atoms with Crippen LogP contribution in [0.3, 0.4) is 0 Å². The second kappa shape index (κ2) is 8.11. The molecule has 1 fully saturated rings. The summed E-state index contributed by atoms with van der Waals surface area (Å²) in [6.45, 7) is 5.55. The fourth-order valence-corrected chi connectivity index (χ4v) is 3.07. The number of carbonyl (C=O) groups excluding carboxylic acids is 1. The first-order valence-corrected chi connectivity index (χ1v) is 8.65. The van der Waals surface area contributed by atoms with Gasteiger partial charge in [0, 0.05) is 12.1 Å². The molecule has 0 saturated heterocycles. The van der Waals surface area contributed by atoms with Crippen molar-refractivity contribution >= 4 is 11.8 Å². The lowest BCUT2D eigenvalue weighted by molar-refractivity contribution is 0.0492. The highest BCUT2D eigenvalue weighted by Gasteiger charge is 2.26. The average molecular weight is 345 g/mol. The average Bonchev–Trinajstić information content (AvgIpc) is 2.53. The quantitative estimate of drug-likeness (QED) is 0.867. The minimum absolute atomic E-state index is 0.0568. The monoisotopic (exact) mass is 345 g/mol. The molecule has 2 N–H and O–H groups in total. The SMILES string of the molecule is COc1cccc(C#N)c1NC1CCCC(NC(=O)OC(C)(C)C)C1. The molecule has 1 amide bonds. The molecule has 1 aliphatic rings. The third kappa shape index (κ3) is 5.56. The van der Waals surface area contributed by atoms with Crippen LogP contribution in [-0.4, -0.2) is 30.9 Å². The van der Waals surface area contributed by atoms with E-state index in [1.807, 2.05) is 26.8 Å². The van der Waals surface area contributed by atoms with Crippen molar-refractivity contribution < 1.29 is 14.3 Å². The Morgan fingerprint density at radius 1 is 1.28 bits per heavy atom. The smallest absolute Gasteiger partial charge is 0.407 e. The van der Waals surface area contributed by atoms with E-state index in [0.29, 0.717) is 11.3 Å². The van der Waals surface area contributed by atoms with Crippen LogP contribution in [-0.2, 0) is 4.74 Å². The van der Waals surface area contributed by atoms with Crippen molar-refractivity contribution in [3.8, 4) is 11.8 Å². The number of para-hydroxylation sites is 1. The first-order chi connectivity index (χ1) is 11.8. The summed E-state index contributed by atoms with van der Waals surface area (Å²) in [5, 5.41) is 15.7. The van der Waals surface area contributed by atoms with Gasteiger partial charge in [-0.3, -0.25) is 0 Å². The molecule has 2 rings (SSSR count). The Labute approximate surface area is 149 Å². The number of alkyl carbamates (subject to hydrolysis) is 1. The van der Waals surface area contributed by atoms with E-state index in [2.05, 4.69) is 16.7 Å². The van der Waals surface area contributed by atoms with E-state index in [0.717, 1.165) is 31.4 Å². The molecule has 1 aliphatic carbocycles. The van der Waals surface area contributed by atoms with Gasteiger partial charge in [-0.25, -0.2) is 4.79 Å². The molecule has 1 aromatic carbocycles. The molecule has 6 heteroatoms. The summed E-state index contributed by atoms with van der Waals surface area (Å²) in [5.41, 5.74) is 0.771. The highest BCUT2D eigenvalue weighted by Crippen LogP contribution is 2.31. The van der Waals surface area contributed by atoms with Crippen LogP contribution in [0.2, 0.25) is 0 Å². The van der Waals surface area contributed by atoms with E-state index in [-0.39, 0.29) is 18.2 Å². The zero-order valence-electron chi connectivity index (χ0n) is 15.4. The van der Waals surface area contributed by atoms with Crippen LogP contribution in [0.1, 0.15) is 52.0 Å². The number of anilines is 1. The Morgan fingerprint density at radius 2 is 2.00 bits per heavy atom. The molecular weight excluding hydrogens is 318 g/mol. The van der Waals surface area contributed by atoms with Crippen LogP contribution in [0.25, 0.3) is 0 Å². The molecule has 2 atom stereocenters. The summed E-state index contributed by atoms with van der Waals surface area (Å²) in [5.74, 6) is 0.654.